The van der Waals surface area contributed by atoms with Crippen LogP contribution in [-0.4, -0.2) is 52.6 Å². The number of aromatic nitrogens is 1. The first-order valence-electron chi connectivity index (χ1n) is 8.17. The average molecular weight is 337 g/mol. The number of pyridine rings is 1. The molecule has 0 saturated carbocycles. The van der Waals surface area contributed by atoms with Gasteiger partial charge in [0.2, 0.25) is 0 Å². The van der Waals surface area contributed by atoms with Gasteiger partial charge >= 0.3 is 0 Å². The molecule has 128 valence electrons. The Morgan fingerprint density at radius 1 is 1.08 bits per heavy atom. The van der Waals surface area contributed by atoms with E-state index in [-0.39, 0.29) is 17.7 Å². The lowest BCUT2D eigenvalue weighted by Crippen LogP contribution is -2.32. The third kappa shape index (κ3) is 3.15. The van der Waals surface area contributed by atoms with Crippen LogP contribution in [0.4, 0.5) is 0 Å². The SMILES string of the molecule is CCN(CCc1ccncc1)C(=O)c1ccc2c(c1)C(=O)N(C)C2=O. The molecule has 6 nitrogen and oxygen atoms in total. The fourth-order valence-electron chi connectivity index (χ4n) is 2.89. The summed E-state index contributed by atoms with van der Waals surface area (Å²) in [6.07, 6.45) is 4.19. The summed E-state index contributed by atoms with van der Waals surface area (Å²) in [4.78, 5) is 43.6. The topological polar surface area (TPSA) is 70.6 Å². The number of benzene rings is 1. The van der Waals surface area contributed by atoms with E-state index in [1.165, 1.54) is 13.1 Å². The first-order valence-corrected chi connectivity index (χ1v) is 8.17. The highest BCUT2D eigenvalue weighted by Crippen LogP contribution is 2.23. The zero-order valence-electron chi connectivity index (χ0n) is 14.2. The molecular formula is C19H19N3O3. The molecule has 1 aliphatic heterocycles. The van der Waals surface area contributed by atoms with Crippen LogP contribution in [0, 0.1) is 0 Å². The standard InChI is InChI=1S/C19H19N3O3/c1-3-22(11-8-13-6-9-20-10-7-13)17(23)14-4-5-15-16(12-14)19(25)21(2)18(15)24/h4-7,9-10,12H,3,8,11H2,1-2H3. The Morgan fingerprint density at radius 2 is 1.76 bits per heavy atom. The second-order valence-corrected chi connectivity index (χ2v) is 5.92. The zero-order chi connectivity index (χ0) is 18.0. The molecule has 0 N–H and O–H groups in total. The molecule has 1 aromatic heterocycles. The van der Waals surface area contributed by atoms with Gasteiger partial charge < -0.3 is 4.90 Å². The highest BCUT2D eigenvalue weighted by molar-refractivity contribution is 6.21. The number of carbonyl (C=O) groups excluding carboxylic acids is 3. The largest absolute Gasteiger partial charge is 0.339 e. The number of amides is 3. The quantitative estimate of drug-likeness (QED) is 0.783. The van der Waals surface area contributed by atoms with Gasteiger partial charge in [0.25, 0.3) is 17.7 Å². The molecular weight excluding hydrogens is 318 g/mol. The molecule has 0 saturated heterocycles. The zero-order valence-corrected chi connectivity index (χ0v) is 14.2. The van der Waals surface area contributed by atoms with Gasteiger partial charge in [0, 0.05) is 38.1 Å². The van der Waals surface area contributed by atoms with Crippen molar-refractivity contribution in [2.24, 2.45) is 0 Å². The highest BCUT2D eigenvalue weighted by atomic mass is 16.2. The third-order valence-electron chi connectivity index (χ3n) is 4.43. The van der Waals surface area contributed by atoms with Crippen molar-refractivity contribution in [1.29, 1.82) is 0 Å². The van der Waals surface area contributed by atoms with E-state index in [9.17, 15) is 14.4 Å². The summed E-state index contributed by atoms with van der Waals surface area (Å²) >= 11 is 0. The van der Waals surface area contributed by atoms with Crippen LogP contribution in [0.5, 0.6) is 0 Å². The van der Waals surface area contributed by atoms with Gasteiger partial charge in [-0.25, -0.2) is 0 Å². The van der Waals surface area contributed by atoms with Crippen LogP contribution in [0.2, 0.25) is 0 Å². The molecule has 0 radical (unpaired) electrons. The molecule has 0 aliphatic carbocycles. The smallest absolute Gasteiger partial charge is 0.261 e. The molecule has 3 rings (SSSR count). The van der Waals surface area contributed by atoms with Crippen molar-refractivity contribution in [3.63, 3.8) is 0 Å². The number of likely N-dealkylation sites (N-methyl/N-ethyl adjacent to an activating group) is 1. The van der Waals surface area contributed by atoms with Gasteiger partial charge in [-0.2, -0.15) is 0 Å². The van der Waals surface area contributed by atoms with Crippen molar-refractivity contribution in [3.05, 3.63) is 65.0 Å². The van der Waals surface area contributed by atoms with Crippen molar-refractivity contribution in [2.75, 3.05) is 20.1 Å². The summed E-state index contributed by atoms with van der Waals surface area (Å²) < 4.78 is 0. The van der Waals surface area contributed by atoms with Crippen LogP contribution in [0.15, 0.2) is 42.7 Å². The number of imide groups is 1. The monoisotopic (exact) mass is 337 g/mol. The molecule has 3 amide bonds. The number of rotatable bonds is 5. The Hall–Kier alpha value is -3.02. The number of hydrogen-bond donors (Lipinski definition) is 0. The lowest BCUT2D eigenvalue weighted by molar-refractivity contribution is 0.0692. The minimum atomic E-state index is -0.366. The molecule has 0 atom stereocenters. The summed E-state index contributed by atoms with van der Waals surface area (Å²) in [7, 11) is 1.44. The molecule has 0 spiro atoms. The van der Waals surface area contributed by atoms with E-state index in [2.05, 4.69) is 4.98 Å². The number of nitrogens with zero attached hydrogens (tertiary/aromatic N) is 3. The molecule has 2 aromatic rings. The fourth-order valence-corrected chi connectivity index (χ4v) is 2.89. The summed E-state index contributed by atoms with van der Waals surface area (Å²) in [6, 6.07) is 8.54. The molecule has 2 heterocycles. The van der Waals surface area contributed by atoms with E-state index in [0.29, 0.717) is 29.8 Å². The van der Waals surface area contributed by atoms with Crippen molar-refractivity contribution >= 4 is 17.7 Å². The lowest BCUT2D eigenvalue weighted by atomic mass is 10.0. The van der Waals surface area contributed by atoms with Crippen molar-refractivity contribution in [1.82, 2.24) is 14.8 Å². The fraction of sp³-hybridized carbons (Fsp3) is 0.263. The Kier molecular flexibility index (Phi) is 4.61. The van der Waals surface area contributed by atoms with Crippen molar-refractivity contribution < 1.29 is 14.4 Å². The third-order valence-corrected chi connectivity index (χ3v) is 4.43. The number of hydrogen-bond acceptors (Lipinski definition) is 4. The van der Waals surface area contributed by atoms with Gasteiger partial charge in [0.05, 0.1) is 11.1 Å². The summed E-state index contributed by atoms with van der Waals surface area (Å²) in [5, 5.41) is 0. The van der Waals surface area contributed by atoms with Crippen molar-refractivity contribution in [2.45, 2.75) is 13.3 Å². The first-order chi connectivity index (χ1) is 12.0. The minimum Gasteiger partial charge on any atom is -0.339 e. The minimum absolute atomic E-state index is 0.144. The molecule has 1 aromatic carbocycles. The maximum Gasteiger partial charge on any atom is 0.261 e. The molecule has 6 heteroatoms. The van der Waals surface area contributed by atoms with Gasteiger partial charge in [-0.1, -0.05) is 0 Å². The molecule has 0 unspecified atom stereocenters. The predicted molar refractivity (Wildman–Crippen MR) is 92.4 cm³/mol. The maximum atomic E-state index is 12.8. The van der Waals surface area contributed by atoms with Crippen LogP contribution in [0.1, 0.15) is 43.6 Å². The number of fused-ring (bicyclic) bond motifs is 1. The average Bonchev–Trinajstić information content (AvgIpc) is 2.87. The molecule has 25 heavy (non-hydrogen) atoms. The number of carbonyl (C=O) groups is 3. The van der Waals surface area contributed by atoms with E-state index in [4.69, 9.17) is 0 Å². The van der Waals surface area contributed by atoms with Crippen LogP contribution in [0.25, 0.3) is 0 Å². The molecule has 0 fully saturated rings. The predicted octanol–water partition coefficient (Wildman–Crippen LogP) is 2.01. The summed E-state index contributed by atoms with van der Waals surface area (Å²) in [5.74, 6) is -0.840. The van der Waals surface area contributed by atoms with Gasteiger partial charge in [0.1, 0.15) is 0 Å². The van der Waals surface area contributed by atoms with E-state index >= 15 is 0 Å². The molecule has 0 bridgehead atoms. The molecule has 1 aliphatic rings. The Balaban J connectivity index is 1.78. The Labute approximate surface area is 146 Å². The lowest BCUT2D eigenvalue weighted by Gasteiger charge is -2.21. The van der Waals surface area contributed by atoms with Gasteiger partial charge in [0.15, 0.2) is 0 Å². The van der Waals surface area contributed by atoms with Crippen LogP contribution >= 0.6 is 0 Å². The van der Waals surface area contributed by atoms with Crippen LogP contribution < -0.4 is 0 Å². The van der Waals surface area contributed by atoms with E-state index in [1.54, 1.807) is 29.4 Å². The second-order valence-electron chi connectivity index (χ2n) is 5.92. The van der Waals surface area contributed by atoms with Gasteiger partial charge in [-0.15, -0.1) is 0 Å². The highest BCUT2D eigenvalue weighted by Gasteiger charge is 2.33. The van der Waals surface area contributed by atoms with Gasteiger partial charge in [-0.05, 0) is 49.2 Å². The van der Waals surface area contributed by atoms with Crippen LogP contribution in [0.3, 0.4) is 0 Å². The van der Waals surface area contributed by atoms with Gasteiger partial charge in [-0.3, -0.25) is 24.3 Å². The van der Waals surface area contributed by atoms with E-state index < -0.39 is 0 Å². The maximum absolute atomic E-state index is 12.8. The Bertz CT molecular complexity index is 833. The second kappa shape index (κ2) is 6.84. The first kappa shape index (κ1) is 16.8. The summed E-state index contributed by atoms with van der Waals surface area (Å²) in [5.41, 5.74) is 2.18. The van der Waals surface area contributed by atoms with Crippen molar-refractivity contribution in [3.8, 4) is 0 Å². The Morgan fingerprint density at radius 3 is 2.44 bits per heavy atom. The van der Waals surface area contributed by atoms with Crippen LogP contribution in [-0.2, 0) is 6.42 Å². The summed E-state index contributed by atoms with van der Waals surface area (Å²) in [6.45, 7) is 3.05. The van der Waals surface area contributed by atoms with E-state index in [0.717, 1.165) is 16.9 Å². The normalized spacial score (nSPS) is 13.1. The van der Waals surface area contributed by atoms with E-state index in [1.807, 2.05) is 19.1 Å².